The molecule has 1 rings (SSSR count). The van der Waals surface area contributed by atoms with E-state index in [4.69, 9.17) is 0 Å². The molecule has 0 spiro atoms. The zero-order valence-corrected chi connectivity index (χ0v) is 13.2. The summed E-state index contributed by atoms with van der Waals surface area (Å²) in [5, 5.41) is 15.0. The molecule has 6 heteroatoms. The van der Waals surface area contributed by atoms with Crippen molar-refractivity contribution in [3.63, 3.8) is 0 Å². The Bertz CT molecular complexity index is 489. The summed E-state index contributed by atoms with van der Waals surface area (Å²) in [5.74, 6) is -0.194. The maximum absolute atomic E-state index is 11.8. The average molecular weight is 343 g/mol. The lowest BCUT2D eigenvalue weighted by Crippen LogP contribution is -2.32. The Kier molecular flexibility index (Phi) is 6.51. The first-order valence-corrected chi connectivity index (χ1v) is 7.23. The van der Waals surface area contributed by atoms with Crippen molar-refractivity contribution in [2.75, 3.05) is 13.1 Å². The first-order chi connectivity index (χ1) is 9.40. The minimum absolute atomic E-state index is 0.0962. The smallest absolute Gasteiger partial charge is 0.255 e. The summed E-state index contributed by atoms with van der Waals surface area (Å²) in [4.78, 5) is 23.3. The van der Waals surface area contributed by atoms with Crippen molar-refractivity contribution in [2.45, 2.75) is 20.3 Å². The van der Waals surface area contributed by atoms with Crippen LogP contribution in [0.25, 0.3) is 0 Å². The molecule has 110 valence electrons. The zero-order chi connectivity index (χ0) is 15.1. The molecule has 0 fully saturated rings. The van der Waals surface area contributed by atoms with Gasteiger partial charge in [0.15, 0.2) is 0 Å². The number of phenols is 1. The van der Waals surface area contributed by atoms with Crippen LogP contribution in [0.2, 0.25) is 0 Å². The van der Waals surface area contributed by atoms with E-state index in [9.17, 15) is 14.7 Å². The van der Waals surface area contributed by atoms with Crippen LogP contribution in [0, 0.1) is 5.92 Å². The number of carbonyl (C=O) groups excluding carboxylic acids is 2. The highest BCUT2D eigenvalue weighted by Crippen LogP contribution is 2.21. The van der Waals surface area contributed by atoms with Crippen molar-refractivity contribution < 1.29 is 14.7 Å². The van der Waals surface area contributed by atoms with Crippen LogP contribution in [0.5, 0.6) is 5.75 Å². The molecule has 0 saturated carbocycles. The number of hydrogen-bond acceptors (Lipinski definition) is 3. The molecule has 0 bridgehead atoms. The molecule has 0 aliphatic heterocycles. The fraction of sp³-hybridized carbons (Fsp3) is 0.429. The molecule has 0 heterocycles. The average Bonchev–Trinajstić information content (AvgIpc) is 2.36. The molecule has 0 aromatic heterocycles. The lowest BCUT2D eigenvalue weighted by Gasteiger charge is -2.09. The molecule has 2 amide bonds. The number of carbonyl (C=O) groups is 2. The minimum Gasteiger partial charge on any atom is -0.507 e. The van der Waals surface area contributed by atoms with Gasteiger partial charge in [0.1, 0.15) is 5.75 Å². The summed E-state index contributed by atoms with van der Waals surface area (Å²) < 4.78 is 0.694. The molecular formula is C14H19BrN2O3. The fourth-order valence-corrected chi connectivity index (χ4v) is 1.84. The van der Waals surface area contributed by atoms with Gasteiger partial charge in [-0.1, -0.05) is 29.8 Å². The highest BCUT2D eigenvalue weighted by atomic mass is 79.9. The SMILES string of the molecule is CC(C)CNC(=O)CCNC(=O)c1ccc(Br)cc1O. The van der Waals surface area contributed by atoms with Gasteiger partial charge in [-0.25, -0.2) is 0 Å². The third kappa shape index (κ3) is 5.61. The molecule has 1 aromatic rings. The predicted molar refractivity (Wildman–Crippen MR) is 80.6 cm³/mol. The predicted octanol–water partition coefficient (Wildman–Crippen LogP) is 2.05. The maximum Gasteiger partial charge on any atom is 0.255 e. The van der Waals surface area contributed by atoms with Crippen molar-refractivity contribution in [3.05, 3.63) is 28.2 Å². The quantitative estimate of drug-likeness (QED) is 0.740. The van der Waals surface area contributed by atoms with E-state index < -0.39 is 5.91 Å². The number of rotatable bonds is 6. The molecule has 5 nitrogen and oxygen atoms in total. The van der Waals surface area contributed by atoms with Crippen molar-refractivity contribution in [3.8, 4) is 5.75 Å². The topological polar surface area (TPSA) is 78.4 Å². The molecular weight excluding hydrogens is 324 g/mol. The van der Waals surface area contributed by atoms with Crippen LogP contribution in [0.15, 0.2) is 22.7 Å². The molecule has 1 aromatic carbocycles. The van der Waals surface area contributed by atoms with Gasteiger partial charge < -0.3 is 15.7 Å². The molecule has 20 heavy (non-hydrogen) atoms. The van der Waals surface area contributed by atoms with Crippen molar-refractivity contribution in [2.24, 2.45) is 5.92 Å². The Morgan fingerprint density at radius 1 is 1.30 bits per heavy atom. The van der Waals surface area contributed by atoms with E-state index in [0.717, 1.165) is 0 Å². The second-order valence-electron chi connectivity index (χ2n) is 4.87. The van der Waals surface area contributed by atoms with Crippen LogP contribution < -0.4 is 10.6 Å². The first kappa shape index (κ1) is 16.5. The molecule has 0 atom stereocenters. The lowest BCUT2D eigenvalue weighted by atomic mass is 10.2. The van der Waals surface area contributed by atoms with Gasteiger partial charge >= 0.3 is 0 Å². The number of nitrogens with one attached hydrogen (secondary N) is 2. The number of aromatic hydroxyl groups is 1. The molecule has 0 aliphatic carbocycles. The monoisotopic (exact) mass is 342 g/mol. The van der Waals surface area contributed by atoms with Crippen molar-refractivity contribution >= 4 is 27.7 Å². The van der Waals surface area contributed by atoms with E-state index in [1.807, 2.05) is 13.8 Å². The molecule has 0 saturated heterocycles. The summed E-state index contributed by atoms with van der Waals surface area (Å²) in [6.07, 6.45) is 0.218. The normalized spacial score (nSPS) is 10.4. The highest BCUT2D eigenvalue weighted by Gasteiger charge is 2.11. The third-order valence-electron chi connectivity index (χ3n) is 2.55. The first-order valence-electron chi connectivity index (χ1n) is 6.43. The summed E-state index contributed by atoms with van der Waals surface area (Å²) in [7, 11) is 0. The van der Waals surface area contributed by atoms with E-state index in [2.05, 4.69) is 26.6 Å². The van der Waals surface area contributed by atoms with Crippen LogP contribution in [0.1, 0.15) is 30.6 Å². The van der Waals surface area contributed by atoms with E-state index in [1.165, 1.54) is 12.1 Å². The van der Waals surface area contributed by atoms with Crippen LogP contribution in [0.4, 0.5) is 0 Å². The van der Waals surface area contributed by atoms with E-state index in [-0.39, 0.29) is 30.2 Å². The zero-order valence-electron chi connectivity index (χ0n) is 11.6. The van der Waals surface area contributed by atoms with Crippen LogP contribution in [0.3, 0.4) is 0 Å². The number of benzene rings is 1. The minimum atomic E-state index is -0.397. The standard InChI is InChI=1S/C14H19BrN2O3/c1-9(2)8-17-13(19)5-6-16-14(20)11-4-3-10(15)7-12(11)18/h3-4,7,9,18H,5-6,8H2,1-2H3,(H,16,20)(H,17,19). The maximum atomic E-state index is 11.8. The second-order valence-corrected chi connectivity index (χ2v) is 5.78. The van der Waals surface area contributed by atoms with Crippen LogP contribution in [-0.2, 0) is 4.79 Å². The Morgan fingerprint density at radius 2 is 2.00 bits per heavy atom. The summed E-state index contributed by atoms with van der Waals surface area (Å²) in [5.41, 5.74) is 0.191. The van der Waals surface area contributed by atoms with E-state index >= 15 is 0 Å². The Hall–Kier alpha value is -1.56. The molecule has 0 unspecified atom stereocenters. The number of hydrogen-bond donors (Lipinski definition) is 3. The number of amides is 2. The van der Waals surface area contributed by atoms with Gasteiger partial charge in [0, 0.05) is 24.0 Å². The third-order valence-corrected chi connectivity index (χ3v) is 3.04. The largest absolute Gasteiger partial charge is 0.507 e. The molecule has 0 radical (unpaired) electrons. The van der Waals surface area contributed by atoms with Crippen LogP contribution >= 0.6 is 15.9 Å². The van der Waals surface area contributed by atoms with Crippen molar-refractivity contribution in [1.29, 1.82) is 0 Å². The highest BCUT2D eigenvalue weighted by molar-refractivity contribution is 9.10. The molecule has 3 N–H and O–H groups in total. The van der Waals surface area contributed by atoms with Crippen LogP contribution in [-0.4, -0.2) is 30.0 Å². The van der Waals surface area contributed by atoms with Gasteiger partial charge in [-0.05, 0) is 24.1 Å². The molecule has 0 aliphatic rings. The van der Waals surface area contributed by atoms with Gasteiger partial charge in [-0.15, -0.1) is 0 Å². The van der Waals surface area contributed by atoms with Gasteiger partial charge in [0.05, 0.1) is 5.56 Å². The number of phenolic OH excluding ortho intramolecular Hbond substituents is 1. The second kappa shape index (κ2) is 7.89. The van der Waals surface area contributed by atoms with E-state index in [0.29, 0.717) is 16.9 Å². The van der Waals surface area contributed by atoms with Gasteiger partial charge in [-0.3, -0.25) is 9.59 Å². The summed E-state index contributed by atoms with van der Waals surface area (Å²) in [6.45, 7) is 4.88. The Labute approximate surface area is 126 Å². The van der Waals surface area contributed by atoms with Gasteiger partial charge in [0.2, 0.25) is 5.91 Å². The Balaban J connectivity index is 2.38. The summed E-state index contributed by atoms with van der Waals surface area (Å²) >= 11 is 3.20. The van der Waals surface area contributed by atoms with Gasteiger partial charge in [-0.2, -0.15) is 0 Å². The lowest BCUT2D eigenvalue weighted by molar-refractivity contribution is -0.121. The Morgan fingerprint density at radius 3 is 2.60 bits per heavy atom. The number of halogens is 1. The fourth-order valence-electron chi connectivity index (χ4n) is 1.49. The van der Waals surface area contributed by atoms with Gasteiger partial charge in [0.25, 0.3) is 5.91 Å². The summed E-state index contributed by atoms with van der Waals surface area (Å²) in [6, 6.07) is 4.64. The van der Waals surface area contributed by atoms with Crippen molar-refractivity contribution in [1.82, 2.24) is 10.6 Å². The van der Waals surface area contributed by atoms with E-state index in [1.54, 1.807) is 6.07 Å².